The maximum absolute atomic E-state index is 9.67. The number of anilines is 3. The Labute approximate surface area is 284 Å². The highest BCUT2D eigenvalue weighted by atomic mass is 15.2. The van der Waals surface area contributed by atoms with E-state index in [1.54, 1.807) is 0 Å². The van der Waals surface area contributed by atoms with Crippen LogP contribution in [0.1, 0.15) is 33.4 Å². The van der Waals surface area contributed by atoms with Gasteiger partial charge in [0.2, 0.25) is 0 Å². The summed E-state index contributed by atoms with van der Waals surface area (Å²) < 4.78 is 2.35. The second kappa shape index (κ2) is 11.1. The lowest BCUT2D eigenvalue weighted by atomic mass is 9.62. The minimum Gasteiger partial charge on any atom is -0.310 e. The minimum atomic E-state index is -0.712. The average molecular weight is 625 g/mol. The zero-order valence-corrected chi connectivity index (χ0v) is 26.5. The molecule has 49 heavy (non-hydrogen) atoms. The van der Waals surface area contributed by atoms with Gasteiger partial charge < -0.3 is 9.47 Å². The summed E-state index contributed by atoms with van der Waals surface area (Å²) in [4.78, 5) is 2.37. The van der Waals surface area contributed by atoms with Crippen molar-refractivity contribution in [1.82, 2.24) is 4.57 Å². The number of para-hydroxylation sites is 4. The first-order valence-electron chi connectivity index (χ1n) is 16.3. The van der Waals surface area contributed by atoms with Gasteiger partial charge in [0.05, 0.1) is 51.1 Å². The predicted molar refractivity (Wildman–Crippen MR) is 197 cm³/mol. The molecule has 0 amide bonds. The molecule has 0 N–H and O–H groups in total. The molecular formula is C45H28N4. The van der Waals surface area contributed by atoms with Gasteiger partial charge in [0.25, 0.3) is 0 Å². The van der Waals surface area contributed by atoms with Gasteiger partial charge in [-0.2, -0.15) is 10.5 Å². The Hall–Kier alpha value is -6.88. The normalized spacial score (nSPS) is 13.0. The van der Waals surface area contributed by atoms with Crippen LogP contribution in [0.4, 0.5) is 17.1 Å². The van der Waals surface area contributed by atoms with Gasteiger partial charge in [-0.05, 0) is 89.0 Å². The summed E-state index contributed by atoms with van der Waals surface area (Å²) in [6, 6.07) is 63.6. The van der Waals surface area contributed by atoms with E-state index in [4.69, 9.17) is 0 Å². The van der Waals surface area contributed by atoms with Gasteiger partial charge in [-0.15, -0.1) is 0 Å². The maximum Gasteiger partial charge on any atom is 0.0991 e. The Balaban J connectivity index is 1.32. The number of nitriles is 2. The fourth-order valence-electron chi connectivity index (χ4n) is 7.87. The molecule has 4 nitrogen and oxygen atoms in total. The molecule has 0 spiro atoms. The van der Waals surface area contributed by atoms with Crippen LogP contribution in [0.2, 0.25) is 0 Å². The standard InChI is InChI=1S/C45H28N4/c46-29-31-20-24-33(25-21-31)45(34-26-22-32(30-47)23-27-34)39-14-3-7-18-43(39)49(44-19-8-4-15-40(44)45)36-11-9-10-35(28-36)48-41-16-5-1-12-37(41)38-13-2-6-17-42(38)48/h1-28H. The van der Waals surface area contributed by atoms with E-state index in [0.717, 1.165) is 45.0 Å². The quantitative estimate of drug-likeness (QED) is 0.196. The Morgan fingerprint density at radius 3 is 1.39 bits per heavy atom. The summed E-state index contributed by atoms with van der Waals surface area (Å²) in [5, 5.41) is 21.8. The summed E-state index contributed by atoms with van der Waals surface area (Å²) in [7, 11) is 0. The zero-order valence-electron chi connectivity index (χ0n) is 26.5. The molecule has 0 saturated heterocycles. The highest BCUT2D eigenvalue weighted by Gasteiger charge is 2.46. The third-order valence-electron chi connectivity index (χ3n) is 9.92. The van der Waals surface area contributed by atoms with Crippen LogP contribution in [0.15, 0.2) is 170 Å². The molecule has 9 rings (SSSR count). The first-order chi connectivity index (χ1) is 24.2. The van der Waals surface area contributed by atoms with Gasteiger partial charge in [-0.1, -0.05) is 103 Å². The van der Waals surface area contributed by atoms with E-state index in [2.05, 4.69) is 167 Å². The topological polar surface area (TPSA) is 55.8 Å². The molecule has 8 aromatic rings. The third kappa shape index (κ3) is 4.15. The van der Waals surface area contributed by atoms with E-state index in [1.807, 2.05) is 24.3 Å². The molecule has 1 aliphatic heterocycles. The second-order valence-corrected chi connectivity index (χ2v) is 12.4. The van der Waals surface area contributed by atoms with Crippen molar-refractivity contribution in [3.05, 3.63) is 203 Å². The van der Waals surface area contributed by atoms with Gasteiger partial charge in [0.1, 0.15) is 0 Å². The van der Waals surface area contributed by atoms with E-state index in [-0.39, 0.29) is 0 Å². The van der Waals surface area contributed by atoms with Crippen molar-refractivity contribution in [2.75, 3.05) is 4.90 Å². The van der Waals surface area contributed by atoms with Crippen LogP contribution in [0.5, 0.6) is 0 Å². The van der Waals surface area contributed by atoms with Crippen molar-refractivity contribution in [2.24, 2.45) is 0 Å². The smallest absolute Gasteiger partial charge is 0.0991 e. The number of aromatic nitrogens is 1. The molecule has 0 fully saturated rings. The van der Waals surface area contributed by atoms with Crippen LogP contribution in [-0.4, -0.2) is 4.57 Å². The lowest BCUT2D eigenvalue weighted by Gasteiger charge is -2.46. The van der Waals surface area contributed by atoms with Crippen molar-refractivity contribution in [2.45, 2.75) is 5.41 Å². The Morgan fingerprint density at radius 2 is 0.878 bits per heavy atom. The van der Waals surface area contributed by atoms with Gasteiger partial charge >= 0.3 is 0 Å². The van der Waals surface area contributed by atoms with Crippen LogP contribution in [-0.2, 0) is 5.41 Å². The molecule has 0 unspecified atom stereocenters. The first kappa shape index (κ1) is 28.4. The van der Waals surface area contributed by atoms with Crippen molar-refractivity contribution in [1.29, 1.82) is 10.5 Å². The van der Waals surface area contributed by atoms with Crippen LogP contribution < -0.4 is 4.90 Å². The summed E-state index contributed by atoms with van der Waals surface area (Å²) in [6.45, 7) is 0. The second-order valence-electron chi connectivity index (χ2n) is 12.4. The molecule has 0 atom stereocenters. The molecule has 0 aliphatic carbocycles. The van der Waals surface area contributed by atoms with Gasteiger partial charge in [0, 0.05) is 22.1 Å². The molecule has 1 aromatic heterocycles. The van der Waals surface area contributed by atoms with E-state index in [9.17, 15) is 10.5 Å². The molecule has 1 aliphatic rings. The lowest BCUT2D eigenvalue weighted by Crippen LogP contribution is -2.37. The van der Waals surface area contributed by atoms with E-state index in [1.165, 1.54) is 21.8 Å². The third-order valence-corrected chi connectivity index (χ3v) is 9.92. The number of nitrogens with zero attached hydrogens (tertiary/aromatic N) is 4. The van der Waals surface area contributed by atoms with Crippen molar-refractivity contribution >= 4 is 38.9 Å². The Bertz CT molecular complexity index is 2470. The Morgan fingerprint density at radius 1 is 0.429 bits per heavy atom. The maximum atomic E-state index is 9.67. The van der Waals surface area contributed by atoms with Crippen LogP contribution in [0, 0.1) is 22.7 Å². The monoisotopic (exact) mass is 624 g/mol. The van der Waals surface area contributed by atoms with E-state index < -0.39 is 5.41 Å². The molecule has 228 valence electrons. The van der Waals surface area contributed by atoms with Crippen molar-refractivity contribution < 1.29 is 0 Å². The fraction of sp³-hybridized carbons (Fsp3) is 0.0222. The molecule has 7 aromatic carbocycles. The summed E-state index contributed by atoms with van der Waals surface area (Å²) >= 11 is 0. The van der Waals surface area contributed by atoms with Crippen LogP contribution >= 0.6 is 0 Å². The zero-order chi connectivity index (χ0) is 33.0. The summed E-state index contributed by atoms with van der Waals surface area (Å²) in [6.07, 6.45) is 0. The van der Waals surface area contributed by atoms with Crippen molar-refractivity contribution in [3.8, 4) is 17.8 Å². The SMILES string of the molecule is N#Cc1ccc(C2(c3ccc(C#N)cc3)c3ccccc3N(c3cccc(-n4c5ccccc5c5ccccc54)c3)c3ccccc32)cc1. The van der Waals surface area contributed by atoms with E-state index >= 15 is 0 Å². The molecule has 0 bridgehead atoms. The number of rotatable bonds is 4. The average Bonchev–Trinajstić information content (AvgIpc) is 3.51. The Kier molecular flexibility index (Phi) is 6.44. The van der Waals surface area contributed by atoms with E-state index in [0.29, 0.717) is 11.1 Å². The molecular weight excluding hydrogens is 597 g/mol. The number of fused-ring (bicyclic) bond motifs is 5. The van der Waals surface area contributed by atoms with Crippen LogP contribution in [0.3, 0.4) is 0 Å². The van der Waals surface area contributed by atoms with Gasteiger partial charge in [-0.3, -0.25) is 0 Å². The number of benzene rings is 7. The molecule has 0 radical (unpaired) electrons. The lowest BCUT2D eigenvalue weighted by molar-refractivity contribution is 0.731. The minimum absolute atomic E-state index is 0.611. The van der Waals surface area contributed by atoms with Crippen molar-refractivity contribution in [3.63, 3.8) is 0 Å². The van der Waals surface area contributed by atoms with Gasteiger partial charge in [-0.25, -0.2) is 0 Å². The predicted octanol–water partition coefficient (Wildman–Crippen LogP) is 10.7. The number of hydrogen-bond donors (Lipinski definition) is 0. The molecule has 0 saturated carbocycles. The van der Waals surface area contributed by atoms with Crippen LogP contribution in [0.25, 0.3) is 27.5 Å². The molecule has 4 heteroatoms. The number of hydrogen-bond acceptors (Lipinski definition) is 3. The highest BCUT2D eigenvalue weighted by Crippen LogP contribution is 2.57. The fourth-order valence-corrected chi connectivity index (χ4v) is 7.87. The first-order valence-corrected chi connectivity index (χ1v) is 16.3. The van der Waals surface area contributed by atoms with Gasteiger partial charge in [0.15, 0.2) is 0 Å². The highest BCUT2D eigenvalue weighted by molar-refractivity contribution is 6.09. The summed E-state index contributed by atoms with van der Waals surface area (Å²) in [5.41, 5.74) is 11.4. The molecule has 2 heterocycles. The summed E-state index contributed by atoms with van der Waals surface area (Å²) in [5.74, 6) is 0. The largest absolute Gasteiger partial charge is 0.310 e.